The standard InChI is InChI=1S/C11H19NO2/c1-6-9(10(13)14-8-3)12-11(4,5)7-2/h2,9,12H,6,8H2,1,3-5H3. The Labute approximate surface area is 86.2 Å². The molecule has 0 fully saturated rings. The molecule has 3 nitrogen and oxygen atoms in total. The fourth-order valence-electron chi connectivity index (χ4n) is 1.05. The highest BCUT2D eigenvalue weighted by Gasteiger charge is 2.24. The summed E-state index contributed by atoms with van der Waals surface area (Å²) in [6.07, 6.45) is 5.99. The van der Waals surface area contributed by atoms with Crippen LogP contribution in [0.4, 0.5) is 0 Å². The molecule has 0 aliphatic rings. The molecule has 0 spiro atoms. The molecule has 3 heteroatoms. The zero-order valence-corrected chi connectivity index (χ0v) is 9.39. The summed E-state index contributed by atoms with van der Waals surface area (Å²) in [5, 5.41) is 3.07. The largest absolute Gasteiger partial charge is 0.465 e. The van der Waals surface area contributed by atoms with E-state index in [2.05, 4.69) is 11.2 Å². The summed E-state index contributed by atoms with van der Waals surface area (Å²) in [5.41, 5.74) is -0.479. The molecule has 1 N–H and O–H groups in total. The van der Waals surface area contributed by atoms with Crippen LogP contribution < -0.4 is 5.32 Å². The van der Waals surface area contributed by atoms with Gasteiger partial charge in [-0.25, -0.2) is 0 Å². The maximum atomic E-state index is 11.4. The predicted molar refractivity (Wildman–Crippen MR) is 56.8 cm³/mol. The first-order valence-electron chi connectivity index (χ1n) is 4.89. The van der Waals surface area contributed by atoms with E-state index in [1.54, 1.807) is 6.92 Å². The molecule has 0 aliphatic heterocycles. The van der Waals surface area contributed by atoms with E-state index in [0.717, 1.165) is 0 Å². The van der Waals surface area contributed by atoms with Crippen LogP contribution in [0.2, 0.25) is 0 Å². The monoisotopic (exact) mass is 197 g/mol. The lowest BCUT2D eigenvalue weighted by Crippen LogP contribution is -2.49. The first-order valence-corrected chi connectivity index (χ1v) is 4.89. The van der Waals surface area contributed by atoms with Crippen LogP contribution in [-0.4, -0.2) is 24.2 Å². The van der Waals surface area contributed by atoms with Crippen molar-refractivity contribution in [3.63, 3.8) is 0 Å². The van der Waals surface area contributed by atoms with E-state index in [1.807, 2.05) is 20.8 Å². The Morgan fingerprint density at radius 2 is 2.14 bits per heavy atom. The summed E-state index contributed by atoms with van der Waals surface area (Å²) < 4.78 is 4.92. The van der Waals surface area contributed by atoms with Gasteiger partial charge >= 0.3 is 5.97 Å². The molecule has 0 bridgehead atoms. The van der Waals surface area contributed by atoms with Crippen LogP contribution in [-0.2, 0) is 9.53 Å². The van der Waals surface area contributed by atoms with Crippen molar-refractivity contribution in [2.45, 2.75) is 45.7 Å². The number of terminal acetylenes is 1. The Kier molecular flexibility index (Phi) is 5.26. The summed E-state index contributed by atoms with van der Waals surface area (Å²) >= 11 is 0. The Morgan fingerprint density at radius 3 is 2.50 bits per heavy atom. The minimum atomic E-state index is -0.479. The van der Waals surface area contributed by atoms with Gasteiger partial charge in [0.25, 0.3) is 0 Å². The topological polar surface area (TPSA) is 38.3 Å². The lowest BCUT2D eigenvalue weighted by Gasteiger charge is -2.25. The number of ether oxygens (including phenoxy) is 1. The molecule has 0 aromatic carbocycles. The van der Waals surface area contributed by atoms with Crippen LogP contribution in [0.5, 0.6) is 0 Å². The minimum Gasteiger partial charge on any atom is -0.465 e. The number of nitrogens with one attached hydrogen (secondary N) is 1. The maximum Gasteiger partial charge on any atom is 0.323 e. The van der Waals surface area contributed by atoms with Gasteiger partial charge in [0.2, 0.25) is 0 Å². The highest BCUT2D eigenvalue weighted by Crippen LogP contribution is 2.05. The molecule has 80 valence electrons. The predicted octanol–water partition coefficient (Wildman–Crippen LogP) is 1.33. The molecule has 1 atom stereocenters. The van der Waals surface area contributed by atoms with Crippen molar-refractivity contribution in [2.24, 2.45) is 0 Å². The van der Waals surface area contributed by atoms with Gasteiger partial charge in [0.05, 0.1) is 12.1 Å². The van der Waals surface area contributed by atoms with E-state index in [9.17, 15) is 4.79 Å². The summed E-state index contributed by atoms with van der Waals surface area (Å²) in [4.78, 5) is 11.4. The molecule has 0 saturated heterocycles. The number of carbonyl (C=O) groups excluding carboxylic acids is 1. The molecule has 0 aromatic heterocycles. The number of carbonyl (C=O) groups is 1. The van der Waals surface area contributed by atoms with Crippen LogP contribution in [0.3, 0.4) is 0 Å². The Morgan fingerprint density at radius 1 is 1.57 bits per heavy atom. The second-order valence-electron chi connectivity index (χ2n) is 3.63. The number of rotatable bonds is 5. The van der Waals surface area contributed by atoms with E-state index in [4.69, 9.17) is 11.2 Å². The summed E-state index contributed by atoms with van der Waals surface area (Å²) in [7, 11) is 0. The van der Waals surface area contributed by atoms with E-state index in [-0.39, 0.29) is 12.0 Å². The third-order valence-electron chi connectivity index (χ3n) is 1.88. The summed E-state index contributed by atoms with van der Waals surface area (Å²) in [6, 6.07) is -0.319. The molecule has 0 radical (unpaired) electrons. The molecular formula is C11H19NO2. The SMILES string of the molecule is C#CC(C)(C)NC(CC)C(=O)OCC. The lowest BCUT2D eigenvalue weighted by molar-refractivity contribution is -0.146. The number of hydrogen-bond acceptors (Lipinski definition) is 3. The van der Waals surface area contributed by atoms with Crippen LogP contribution in [0, 0.1) is 12.3 Å². The zero-order chi connectivity index (χ0) is 11.2. The van der Waals surface area contributed by atoms with Crippen LogP contribution in [0.15, 0.2) is 0 Å². The normalized spacial score (nSPS) is 13.1. The first kappa shape index (κ1) is 13.0. The van der Waals surface area contributed by atoms with E-state index >= 15 is 0 Å². The van der Waals surface area contributed by atoms with Crippen molar-refractivity contribution in [3.8, 4) is 12.3 Å². The van der Waals surface area contributed by atoms with Crippen molar-refractivity contribution in [1.82, 2.24) is 5.32 Å². The van der Waals surface area contributed by atoms with Crippen molar-refractivity contribution in [1.29, 1.82) is 0 Å². The minimum absolute atomic E-state index is 0.238. The Balaban J connectivity index is 4.30. The molecule has 0 rings (SSSR count). The van der Waals surface area contributed by atoms with Gasteiger partial charge in [-0.1, -0.05) is 12.8 Å². The molecule has 0 amide bonds. The number of esters is 1. The van der Waals surface area contributed by atoms with Gasteiger partial charge in [0, 0.05) is 0 Å². The van der Waals surface area contributed by atoms with Gasteiger partial charge in [-0.05, 0) is 27.2 Å². The molecule has 14 heavy (non-hydrogen) atoms. The Bertz CT molecular complexity index is 228. The van der Waals surface area contributed by atoms with Crippen LogP contribution >= 0.6 is 0 Å². The quantitative estimate of drug-likeness (QED) is 0.534. The van der Waals surface area contributed by atoms with E-state index < -0.39 is 5.54 Å². The van der Waals surface area contributed by atoms with Crippen molar-refractivity contribution in [3.05, 3.63) is 0 Å². The smallest absolute Gasteiger partial charge is 0.323 e. The second-order valence-corrected chi connectivity index (χ2v) is 3.63. The molecule has 0 heterocycles. The van der Waals surface area contributed by atoms with E-state index in [1.165, 1.54) is 0 Å². The fourth-order valence-corrected chi connectivity index (χ4v) is 1.05. The van der Waals surface area contributed by atoms with Crippen molar-refractivity contribution >= 4 is 5.97 Å². The zero-order valence-electron chi connectivity index (χ0n) is 9.39. The Hall–Kier alpha value is -1.01. The summed E-state index contributed by atoms with van der Waals surface area (Å²) in [6.45, 7) is 7.81. The third-order valence-corrected chi connectivity index (χ3v) is 1.88. The lowest BCUT2D eigenvalue weighted by atomic mass is 10.0. The second kappa shape index (κ2) is 5.66. The van der Waals surface area contributed by atoms with Gasteiger partial charge in [-0.3, -0.25) is 10.1 Å². The van der Waals surface area contributed by atoms with Crippen LogP contribution in [0.1, 0.15) is 34.1 Å². The molecular weight excluding hydrogens is 178 g/mol. The highest BCUT2D eigenvalue weighted by molar-refractivity contribution is 5.75. The maximum absolute atomic E-state index is 11.4. The third kappa shape index (κ3) is 4.29. The fraction of sp³-hybridized carbons (Fsp3) is 0.727. The first-order chi connectivity index (χ1) is 6.46. The van der Waals surface area contributed by atoms with Gasteiger partial charge in [-0.15, -0.1) is 6.42 Å². The van der Waals surface area contributed by atoms with E-state index in [0.29, 0.717) is 13.0 Å². The van der Waals surface area contributed by atoms with Gasteiger partial charge < -0.3 is 4.74 Å². The van der Waals surface area contributed by atoms with Crippen LogP contribution in [0.25, 0.3) is 0 Å². The molecule has 0 aromatic rings. The number of hydrogen-bond donors (Lipinski definition) is 1. The van der Waals surface area contributed by atoms with Gasteiger partial charge in [-0.2, -0.15) is 0 Å². The average Bonchev–Trinajstić information content (AvgIpc) is 2.14. The van der Waals surface area contributed by atoms with Crippen molar-refractivity contribution in [2.75, 3.05) is 6.61 Å². The molecule has 0 aliphatic carbocycles. The average molecular weight is 197 g/mol. The summed E-state index contributed by atoms with van der Waals surface area (Å²) in [5.74, 6) is 2.35. The molecule has 0 saturated carbocycles. The van der Waals surface area contributed by atoms with Gasteiger partial charge in [0.1, 0.15) is 6.04 Å². The van der Waals surface area contributed by atoms with Crippen molar-refractivity contribution < 1.29 is 9.53 Å². The highest BCUT2D eigenvalue weighted by atomic mass is 16.5. The molecule has 1 unspecified atom stereocenters. The van der Waals surface area contributed by atoms with Gasteiger partial charge in [0.15, 0.2) is 0 Å².